The van der Waals surface area contributed by atoms with Crippen molar-refractivity contribution in [1.82, 2.24) is 5.32 Å². The van der Waals surface area contributed by atoms with Crippen LogP contribution in [-0.4, -0.2) is 16.3 Å². The van der Waals surface area contributed by atoms with Crippen molar-refractivity contribution in [3.05, 3.63) is 23.8 Å². The van der Waals surface area contributed by atoms with Gasteiger partial charge in [-0.05, 0) is 37.2 Å². The standard InChI is InChI=1S/C15H23NO2/c1-10-3-5-13(7-11(10)2)16-9-12-4-6-14(17)8-15(12)18/h4,6,8,10-11,13,16-18H,3,5,7,9H2,1-2H3. The molecule has 100 valence electrons. The van der Waals surface area contributed by atoms with E-state index in [0.717, 1.165) is 17.4 Å². The molecule has 0 amide bonds. The van der Waals surface area contributed by atoms with Crippen LogP contribution >= 0.6 is 0 Å². The molecule has 2 rings (SSSR count). The molecular formula is C15H23NO2. The van der Waals surface area contributed by atoms with Crippen molar-refractivity contribution in [3.63, 3.8) is 0 Å². The van der Waals surface area contributed by atoms with E-state index in [0.29, 0.717) is 12.6 Å². The molecule has 0 bridgehead atoms. The second-order valence-corrected chi connectivity index (χ2v) is 5.66. The zero-order chi connectivity index (χ0) is 13.1. The quantitative estimate of drug-likeness (QED) is 0.772. The molecule has 1 aromatic carbocycles. The fourth-order valence-electron chi connectivity index (χ4n) is 2.69. The van der Waals surface area contributed by atoms with Gasteiger partial charge in [-0.1, -0.05) is 19.9 Å². The summed E-state index contributed by atoms with van der Waals surface area (Å²) in [5.74, 6) is 1.87. The molecule has 0 spiro atoms. The van der Waals surface area contributed by atoms with Crippen molar-refractivity contribution in [2.75, 3.05) is 0 Å². The molecule has 1 aromatic rings. The Morgan fingerprint density at radius 1 is 1.17 bits per heavy atom. The first-order chi connectivity index (χ1) is 8.56. The Hall–Kier alpha value is -1.22. The van der Waals surface area contributed by atoms with Gasteiger partial charge < -0.3 is 15.5 Å². The van der Waals surface area contributed by atoms with Crippen LogP contribution in [0.15, 0.2) is 18.2 Å². The van der Waals surface area contributed by atoms with Crippen LogP contribution in [0.25, 0.3) is 0 Å². The Morgan fingerprint density at radius 2 is 1.94 bits per heavy atom. The molecule has 18 heavy (non-hydrogen) atoms. The molecule has 0 aromatic heterocycles. The third-order valence-corrected chi connectivity index (χ3v) is 4.25. The number of nitrogens with one attached hydrogen (secondary N) is 1. The summed E-state index contributed by atoms with van der Waals surface area (Å²) in [7, 11) is 0. The summed E-state index contributed by atoms with van der Waals surface area (Å²) < 4.78 is 0. The summed E-state index contributed by atoms with van der Waals surface area (Å²) in [6.45, 7) is 5.31. The number of phenols is 2. The maximum atomic E-state index is 9.71. The molecule has 3 heteroatoms. The van der Waals surface area contributed by atoms with Crippen LogP contribution in [0.1, 0.15) is 38.7 Å². The molecule has 1 aliphatic carbocycles. The maximum absolute atomic E-state index is 9.71. The number of phenolic OH excluding ortho intramolecular Hbond substituents is 2. The first-order valence-corrected chi connectivity index (χ1v) is 6.80. The molecule has 3 atom stereocenters. The number of hydrogen-bond acceptors (Lipinski definition) is 3. The van der Waals surface area contributed by atoms with Crippen LogP contribution in [-0.2, 0) is 6.54 Å². The smallest absolute Gasteiger partial charge is 0.123 e. The Labute approximate surface area is 109 Å². The van der Waals surface area contributed by atoms with Gasteiger partial charge in [-0.3, -0.25) is 0 Å². The minimum Gasteiger partial charge on any atom is -0.508 e. The summed E-state index contributed by atoms with van der Waals surface area (Å²) in [6, 6.07) is 5.32. The van der Waals surface area contributed by atoms with E-state index in [9.17, 15) is 10.2 Å². The van der Waals surface area contributed by atoms with Gasteiger partial charge in [0.05, 0.1) is 0 Å². The Balaban J connectivity index is 1.88. The summed E-state index contributed by atoms with van der Waals surface area (Å²) in [5, 5.41) is 22.5. The lowest BCUT2D eigenvalue weighted by molar-refractivity contribution is 0.225. The lowest BCUT2D eigenvalue weighted by Gasteiger charge is -2.32. The van der Waals surface area contributed by atoms with E-state index in [1.807, 2.05) is 0 Å². The van der Waals surface area contributed by atoms with E-state index in [4.69, 9.17) is 0 Å². The Bertz CT molecular complexity index is 405. The van der Waals surface area contributed by atoms with Crippen molar-refractivity contribution in [2.45, 2.75) is 45.7 Å². The SMILES string of the molecule is CC1CCC(NCc2ccc(O)cc2O)CC1C. The monoisotopic (exact) mass is 249 g/mol. The van der Waals surface area contributed by atoms with E-state index in [2.05, 4.69) is 19.2 Å². The molecule has 0 radical (unpaired) electrons. The summed E-state index contributed by atoms with van der Waals surface area (Å²) in [4.78, 5) is 0. The van der Waals surface area contributed by atoms with Crippen LogP contribution in [0.2, 0.25) is 0 Å². The fourth-order valence-corrected chi connectivity index (χ4v) is 2.69. The first kappa shape index (κ1) is 13.2. The second kappa shape index (κ2) is 5.61. The average Bonchev–Trinajstić information content (AvgIpc) is 2.32. The van der Waals surface area contributed by atoms with Gasteiger partial charge in [0.1, 0.15) is 11.5 Å². The minimum atomic E-state index is 0.108. The normalized spacial score (nSPS) is 28.2. The van der Waals surface area contributed by atoms with Gasteiger partial charge in [0.2, 0.25) is 0 Å². The topological polar surface area (TPSA) is 52.5 Å². The Morgan fingerprint density at radius 3 is 2.61 bits per heavy atom. The van der Waals surface area contributed by atoms with E-state index < -0.39 is 0 Å². The summed E-state index contributed by atoms with van der Waals surface area (Å²) in [6.07, 6.45) is 3.70. The molecule has 0 heterocycles. The van der Waals surface area contributed by atoms with Crippen molar-refractivity contribution >= 4 is 0 Å². The van der Waals surface area contributed by atoms with Crippen molar-refractivity contribution in [2.24, 2.45) is 11.8 Å². The lowest BCUT2D eigenvalue weighted by Crippen LogP contribution is -2.35. The average molecular weight is 249 g/mol. The van der Waals surface area contributed by atoms with Crippen LogP contribution in [0.5, 0.6) is 11.5 Å². The van der Waals surface area contributed by atoms with Crippen LogP contribution in [0.3, 0.4) is 0 Å². The number of benzene rings is 1. The van der Waals surface area contributed by atoms with E-state index >= 15 is 0 Å². The predicted octanol–water partition coefficient (Wildman–Crippen LogP) is 3.01. The van der Waals surface area contributed by atoms with Crippen molar-refractivity contribution < 1.29 is 10.2 Å². The van der Waals surface area contributed by atoms with Gasteiger partial charge in [-0.25, -0.2) is 0 Å². The largest absolute Gasteiger partial charge is 0.508 e. The van der Waals surface area contributed by atoms with E-state index in [-0.39, 0.29) is 11.5 Å². The zero-order valence-corrected chi connectivity index (χ0v) is 11.2. The molecule has 1 saturated carbocycles. The summed E-state index contributed by atoms with van der Waals surface area (Å²) >= 11 is 0. The maximum Gasteiger partial charge on any atom is 0.123 e. The highest BCUT2D eigenvalue weighted by Gasteiger charge is 2.24. The molecule has 3 nitrogen and oxygen atoms in total. The number of aromatic hydroxyl groups is 2. The van der Waals surface area contributed by atoms with E-state index in [1.54, 1.807) is 12.1 Å². The molecule has 1 fully saturated rings. The molecular weight excluding hydrogens is 226 g/mol. The third kappa shape index (κ3) is 3.16. The van der Waals surface area contributed by atoms with Crippen LogP contribution in [0, 0.1) is 11.8 Å². The van der Waals surface area contributed by atoms with Gasteiger partial charge in [-0.2, -0.15) is 0 Å². The predicted molar refractivity (Wildman–Crippen MR) is 72.6 cm³/mol. The van der Waals surface area contributed by atoms with Crippen molar-refractivity contribution in [3.8, 4) is 11.5 Å². The van der Waals surface area contributed by atoms with Gasteiger partial charge in [0.25, 0.3) is 0 Å². The fraction of sp³-hybridized carbons (Fsp3) is 0.600. The van der Waals surface area contributed by atoms with Crippen LogP contribution in [0.4, 0.5) is 0 Å². The van der Waals surface area contributed by atoms with E-state index in [1.165, 1.54) is 25.3 Å². The highest BCUT2D eigenvalue weighted by molar-refractivity contribution is 5.38. The van der Waals surface area contributed by atoms with Gasteiger partial charge >= 0.3 is 0 Å². The third-order valence-electron chi connectivity index (χ3n) is 4.25. The van der Waals surface area contributed by atoms with Crippen LogP contribution < -0.4 is 5.32 Å². The summed E-state index contributed by atoms with van der Waals surface area (Å²) in [5.41, 5.74) is 0.846. The minimum absolute atomic E-state index is 0.108. The Kier molecular flexibility index (Phi) is 4.12. The molecule has 0 aliphatic heterocycles. The first-order valence-electron chi connectivity index (χ1n) is 6.80. The van der Waals surface area contributed by atoms with Gasteiger partial charge in [0, 0.05) is 24.2 Å². The zero-order valence-electron chi connectivity index (χ0n) is 11.2. The second-order valence-electron chi connectivity index (χ2n) is 5.66. The highest BCUT2D eigenvalue weighted by atomic mass is 16.3. The molecule has 3 N–H and O–H groups in total. The highest BCUT2D eigenvalue weighted by Crippen LogP contribution is 2.30. The molecule has 1 aliphatic rings. The van der Waals surface area contributed by atoms with Gasteiger partial charge in [-0.15, -0.1) is 0 Å². The van der Waals surface area contributed by atoms with Crippen molar-refractivity contribution in [1.29, 1.82) is 0 Å². The number of rotatable bonds is 3. The molecule has 3 unspecified atom stereocenters. The molecule has 0 saturated heterocycles. The van der Waals surface area contributed by atoms with Gasteiger partial charge in [0.15, 0.2) is 0 Å². The lowest BCUT2D eigenvalue weighted by atomic mass is 9.79. The number of hydrogen-bond donors (Lipinski definition) is 3.